The smallest absolute Gasteiger partial charge is 0.471 e. The Morgan fingerprint density at radius 2 is 1.55 bits per heavy atom. The molecule has 0 spiro atoms. The molecule has 0 aliphatic heterocycles. The van der Waals surface area contributed by atoms with Gasteiger partial charge < -0.3 is 14.0 Å². The number of halogens is 6. The highest BCUT2D eigenvalue weighted by atomic mass is 19.4. The van der Waals surface area contributed by atoms with Crippen molar-refractivity contribution in [1.29, 1.82) is 0 Å². The third-order valence-corrected chi connectivity index (χ3v) is 4.03. The maximum atomic E-state index is 12.6. The predicted molar refractivity (Wildman–Crippen MR) is 94.4 cm³/mol. The van der Waals surface area contributed by atoms with Crippen molar-refractivity contribution < 1.29 is 40.3 Å². The Hall–Kier alpha value is -3.31. The van der Waals surface area contributed by atoms with Crippen molar-refractivity contribution in [2.45, 2.75) is 26.2 Å². The normalized spacial score (nSPS) is 12.1. The molecule has 3 aromatic rings. The van der Waals surface area contributed by atoms with E-state index in [9.17, 15) is 26.3 Å². The lowest BCUT2D eigenvalue weighted by Crippen LogP contribution is -2.11. The van der Waals surface area contributed by atoms with Crippen LogP contribution in [0.3, 0.4) is 0 Å². The van der Waals surface area contributed by atoms with Crippen LogP contribution in [0.15, 0.2) is 35.0 Å². The zero-order chi connectivity index (χ0) is 22.8. The Labute approximate surface area is 171 Å². The average molecular weight is 447 g/mol. The highest BCUT2D eigenvalue weighted by Crippen LogP contribution is 2.32. The number of ether oxygens (including phenoxy) is 2. The molecule has 6 nitrogen and oxygen atoms in total. The Bertz CT molecular complexity index is 1020. The Kier molecular flexibility index (Phi) is 6.09. The topological polar surface area (TPSA) is 70.3 Å². The van der Waals surface area contributed by atoms with Gasteiger partial charge in [-0.1, -0.05) is 5.16 Å². The molecule has 0 aliphatic rings. The molecule has 31 heavy (non-hydrogen) atoms. The highest BCUT2D eigenvalue weighted by Gasteiger charge is 2.38. The summed E-state index contributed by atoms with van der Waals surface area (Å²) < 4.78 is 90.6. The third kappa shape index (κ3) is 5.44. The van der Waals surface area contributed by atoms with E-state index in [1.165, 1.54) is 0 Å². The van der Waals surface area contributed by atoms with E-state index in [0.717, 1.165) is 12.1 Å². The minimum atomic E-state index is -4.74. The van der Waals surface area contributed by atoms with Crippen molar-refractivity contribution >= 4 is 0 Å². The van der Waals surface area contributed by atoms with Gasteiger partial charge in [0.2, 0.25) is 11.7 Å². The first-order chi connectivity index (χ1) is 14.4. The van der Waals surface area contributed by atoms with Gasteiger partial charge >= 0.3 is 18.2 Å². The number of pyridine rings is 1. The molecule has 0 fully saturated rings. The molecule has 0 atom stereocenters. The molecule has 12 heteroatoms. The molecule has 0 unspecified atom stereocenters. The molecule has 3 rings (SSSR count). The molecule has 0 amide bonds. The van der Waals surface area contributed by atoms with Gasteiger partial charge in [-0.15, -0.1) is 0 Å². The minimum Gasteiger partial charge on any atom is -0.489 e. The van der Waals surface area contributed by atoms with E-state index in [0.29, 0.717) is 28.6 Å². The van der Waals surface area contributed by atoms with Crippen LogP contribution in [0, 0.1) is 13.8 Å². The van der Waals surface area contributed by atoms with E-state index in [4.69, 9.17) is 9.47 Å². The van der Waals surface area contributed by atoms with Gasteiger partial charge in [0.05, 0.1) is 5.56 Å². The summed E-state index contributed by atoms with van der Waals surface area (Å²) >= 11 is 0. The minimum absolute atomic E-state index is 0.0120. The zero-order valence-corrected chi connectivity index (χ0v) is 16.1. The Balaban J connectivity index is 1.60. The largest absolute Gasteiger partial charge is 0.489 e. The molecule has 2 heterocycles. The van der Waals surface area contributed by atoms with Crippen molar-refractivity contribution in [3.63, 3.8) is 0 Å². The molecule has 0 N–H and O–H groups in total. The van der Waals surface area contributed by atoms with Gasteiger partial charge in [-0.25, -0.2) is 4.98 Å². The standard InChI is InChI=1S/C19H15F6N3O3/c1-10-7-12(16-27-17(31-28-16)19(23,24)25)8-11(2)15(10)30-6-5-29-14-4-3-13(9-26-14)18(20,21)22/h3-4,7-9H,5-6H2,1-2H3. The summed E-state index contributed by atoms with van der Waals surface area (Å²) in [6, 6.07) is 5.06. The fourth-order valence-electron chi connectivity index (χ4n) is 2.69. The van der Waals surface area contributed by atoms with Crippen molar-refractivity contribution in [3.05, 3.63) is 53.0 Å². The Morgan fingerprint density at radius 3 is 2.06 bits per heavy atom. The maximum Gasteiger partial charge on any atom is 0.471 e. The van der Waals surface area contributed by atoms with Gasteiger partial charge in [0.1, 0.15) is 19.0 Å². The van der Waals surface area contributed by atoms with Gasteiger partial charge in [-0.05, 0) is 43.2 Å². The number of alkyl halides is 6. The molecule has 0 radical (unpaired) electrons. The molecule has 0 saturated heterocycles. The van der Waals surface area contributed by atoms with E-state index in [2.05, 4.69) is 19.6 Å². The summed E-state index contributed by atoms with van der Waals surface area (Å²) in [4.78, 5) is 6.94. The lowest BCUT2D eigenvalue weighted by Gasteiger charge is -2.14. The van der Waals surface area contributed by atoms with Crippen LogP contribution < -0.4 is 9.47 Å². The van der Waals surface area contributed by atoms with Crippen molar-refractivity contribution in [3.8, 4) is 23.0 Å². The van der Waals surface area contributed by atoms with Gasteiger partial charge in [-0.2, -0.15) is 31.3 Å². The van der Waals surface area contributed by atoms with Crippen LogP contribution >= 0.6 is 0 Å². The molecule has 0 bridgehead atoms. The van der Waals surface area contributed by atoms with Gasteiger partial charge in [-0.3, -0.25) is 0 Å². The summed E-state index contributed by atoms with van der Waals surface area (Å²) in [7, 11) is 0. The van der Waals surface area contributed by atoms with Crippen LogP contribution in [0.4, 0.5) is 26.3 Å². The summed E-state index contributed by atoms with van der Waals surface area (Å²) in [5.74, 6) is -1.15. The number of aromatic nitrogens is 3. The van der Waals surface area contributed by atoms with Crippen LogP contribution in [0.5, 0.6) is 11.6 Å². The second-order valence-electron chi connectivity index (χ2n) is 6.44. The van der Waals surface area contributed by atoms with Crippen LogP contribution in [-0.4, -0.2) is 28.3 Å². The highest BCUT2D eigenvalue weighted by molar-refractivity contribution is 5.61. The molecule has 0 saturated carbocycles. The second kappa shape index (κ2) is 8.44. The van der Waals surface area contributed by atoms with Crippen LogP contribution in [0.25, 0.3) is 11.4 Å². The zero-order valence-electron chi connectivity index (χ0n) is 16.1. The maximum absolute atomic E-state index is 12.6. The summed E-state index contributed by atoms with van der Waals surface area (Å²) in [6.07, 6.45) is -8.54. The fourth-order valence-corrected chi connectivity index (χ4v) is 2.69. The second-order valence-corrected chi connectivity index (χ2v) is 6.44. The predicted octanol–water partition coefficient (Wildman–Crippen LogP) is 5.24. The number of rotatable bonds is 6. The van der Waals surface area contributed by atoms with E-state index >= 15 is 0 Å². The number of aryl methyl sites for hydroxylation is 2. The molecule has 2 aromatic heterocycles. The average Bonchev–Trinajstić information content (AvgIpc) is 3.17. The monoisotopic (exact) mass is 447 g/mol. The third-order valence-electron chi connectivity index (χ3n) is 4.03. The number of hydrogen-bond donors (Lipinski definition) is 0. The van der Waals surface area contributed by atoms with Crippen LogP contribution in [0.1, 0.15) is 22.6 Å². The number of nitrogens with zero attached hydrogens (tertiary/aromatic N) is 3. The van der Waals surface area contributed by atoms with Crippen molar-refractivity contribution in [2.24, 2.45) is 0 Å². The SMILES string of the molecule is Cc1cc(-c2noc(C(F)(F)F)n2)cc(C)c1OCCOc1ccc(C(F)(F)F)cn1. The van der Waals surface area contributed by atoms with Crippen LogP contribution in [-0.2, 0) is 12.4 Å². The molecule has 1 aromatic carbocycles. The number of benzene rings is 1. The fraction of sp³-hybridized carbons (Fsp3) is 0.316. The Morgan fingerprint density at radius 1 is 0.903 bits per heavy atom. The first-order valence-corrected chi connectivity index (χ1v) is 8.76. The van der Waals surface area contributed by atoms with Gasteiger partial charge in [0.15, 0.2) is 0 Å². The number of hydrogen-bond acceptors (Lipinski definition) is 6. The summed E-state index contributed by atoms with van der Waals surface area (Å²) in [5.41, 5.74) is 0.667. The molecular formula is C19H15F6N3O3. The molecule has 166 valence electrons. The first-order valence-electron chi connectivity index (χ1n) is 8.76. The summed E-state index contributed by atoms with van der Waals surface area (Å²) in [5, 5.41) is 3.35. The van der Waals surface area contributed by atoms with E-state index in [-0.39, 0.29) is 24.9 Å². The first kappa shape index (κ1) is 22.4. The molecule has 0 aliphatic carbocycles. The quantitative estimate of drug-likeness (QED) is 0.380. The van der Waals surface area contributed by atoms with E-state index in [1.807, 2.05) is 0 Å². The lowest BCUT2D eigenvalue weighted by molar-refractivity contribution is -0.159. The molecular weight excluding hydrogens is 432 g/mol. The van der Waals surface area contributed by atoms with Crippen molar-refractivity contribution in [1.82, 2.24) is 15.1 Å². The van der Waals surface area contributed by atoms with Crippen LogP contribution in [0.2, 0.25) is 0 Å². The van der Waals surface area contributed by atoms with E-state index < -0.39 is 23.8 Å². The van der Waals surface area contributed by atoms with Crippen molar-refractivity contribution in [2.75, 3.05) is 13.2 Å². The lowest BCUT2D eigenvalue weighted by atomic mass is 10.1. The van der Waals surface area contributed by atoms with Gasteiger partial charge in [0.25, 0.3) is 0 Å². The van der Waals surface area contributed by atoms with Gasteiger partial charge in [0, 0.05) is 17.8 Å². The van der Waals surface area contributed by atoms with E-state index in [1.54, 1.807) is 26.0 Å². The summed E-state index contributed by atoms with van der Waals surface area (Å²) in [6.45, 7) is 3.45.